The van der Waals surface area contributed by atoms with Gasteiger partial charge in [0.2, 0.25) is 5.89 Å². The van der Waals surface area contributed by atoms with Crippen molar-refractivity contribution in [2.75, 3.05) is 0 Å². The number of rotatable bonds is 5. The molecule has 132 valence electrons. The number of nitrogens with zero attached hydrogens (tertiary/aromatic N) is 4. The van der Waals surface area contributed by atoms with Crippen LogP contribution in [0.3, 0.4) is 0 Å². The second-order valence-corrected chi connectivity index (χ2v) is 7.58. The van der Waals surface area contributed by atoms with Gasteiger partial charge in [-0.3, -0.25) is 0 Å². The molecule has 3 heterocycles. The van der Waals surface area contributed by atoms with Crippen molar-refractivity contribution >= 4 is 22.7 Å². The number of hydrogen-bond acceptors (Lipinski definition) is 7. The van der Waals surface area contributed by atoms with Crippen LogP contribution in [0.4, 0.5) is 0 Å². The highest BCUT2D eigenvalue weighted by atomic mass is 32.2. The largest absolute Gasteiger partial charge is 0.461 e. The Kier molecular flexibility index (Phi) is 4.46. The zero-order valence-electron chi connectivity index (χ0n) is 14.7. The van der Waals surface area contributed by atoms with Crippen LogP contribution in [0.1, 0.15) is 43.7 Å². The molecule has 0 N–H and O–H groups in total. The fourth-order valence-electron chi connectivity index (χ4n) is 2.52. The number of para-hydroxylation sites is 1. The number of aromatic nitrogens is 4. The molecule has 0 amide bonds. The summed E-state index contributed by atoms with van der Waals surface area (Å²) in [4.78, 5) is 13.8. The molecule has 7 heteroatoms. The first-order valence-corrected chi connectivity index (χ1v) is 9.30. The minimum Gasteiger partial charge on any atom is -0.461 e. The van der Waals surface area contributed by atoms with Gasteiger partial charge in [0.05, 0.1) is 17.0 Å². The normalized spacial score (nSPS) is 12.8. The number of thioether (sulfide) groups is 1. The van der Waals surface area contributed by atoms with E-state index in [9.17, 15) is 0 Å². The molecular formula is C19H18N4O2S. The summed E-state index contributed by atoms with van der Waals surface area (Å²) in [6, 6.07) is 11.6. The van der Waals surface area contributed by atoms with Crippen LogP contribution in [-0.4, -0.2) is 20.1 Å². The number of benzene rings is 1. The summed E-state index contributed by atoms with van der Waals surface area (Å²) in [7, 11) is 0. The molecule has 0 aliphatic carbocycles. The zero-order chi connectivity index (χ0) is 18.1. The lowest BCUT2D eigenvalue weighted by atomic mass is 10.2. The molecule has 1 atom stereocenters. The minimum absolute atomic E-state index is 0.0299. The molecule has 0 radical (unpaired) electrons. The summed E-state index contributed by atoms with van der Waals surface area (Å²) >= 11 is 1.57. The van der Waals surface area contributed by atoms with Gasteiger partial charge >= 0.3 is 0 Å². The Labute approximate surface area is 155 Å². The average molecular weight is 366 g/mol. The highest BCUT2D eigenvalue weighted by molar-refractivity contribution is 7.99. The summed E-state index contributed by atoms with van der Waals surface area (Å²) < 4.78 is 10.9. The van der Waals surface area contributed by atoms with Gasteiger partial charge in [0, 0.05) is 11.3 Å². The van der Waals surface area contributed by atoms with Gasteiger partial charge in [0.1, 0.15) is 5.03 Å². The molecule has 4 rings (SSSR count). The van der Waals surface area contributed by atoms with Gasteiger partial charge < -0.3 is 8.94 Å². The second-order valence-electron chi connectivity index (χ2n) is 6.25. The summed E-state index contributed by atoms with van der Waals surface area (Å²) in [5.41, 5.74) is 0.872. The number of hydrogen-bond donors (Lipinski definition) is 0. The van der Waals surface area contributed by atoms with Crippen molar-refractivity contribution in [3.8, 4) is 11.6 Å². The van der Waals surface area contributed by atoms with Crippen molar-refractivity contribution in [3.05, 3.63) is 54.4 Å². The molecule has 0 aliphatic heterocycles. The van der Waals surface area contributed by atoms with E-state index in [0.29, 0.717) is 17.5 Å². The van der Waals surface area contributed by atoms with Gasteiger partial charge in [-0.1, -0.05) is 49.0 Å². The molecule has 0 saturated heterocycles. The Hall–Kier alpha value is -2.67. The van der Waals surface area contributed by atoms with Gasteiger partial charge in [-0.2, -0.15) is 4.98 Å². The third-order valence-corrected chi connectivity index (χ3v) is 5.01. The molecule has 26 heavy (non-hydrogen) atoms. The van der Waals surface area contributed by atoms with E-state index in [1.807, 2.05) is 57.2 Å². The van der Waals surface area contributed by atoms with Gasteiger partial charge in [-0.15, -0.1) is 0 Å². The van der Waals surface area contributed by atoms with Gasteiger partial charge in [0.25, 0.3) is 0 Å². The molecule has 0 aliphatic rings. The van der Waals surface area contributed by atoms with E-state index in [1.165, 1.54) is 0 Å². The van der Waals surface area contributed by atoms with Crippen molar-refractivity contribution < 1.29 is 8.94 Å². The Bertz CT molecular complexity index is 1030. The standard InChI is InChI=1S/C19H18N4O2S/c1-11(2)16-21-18(25-23-16)12(3)26-19-13-7-4-5-8-14(13)20-17(22-19)15-9-6-10-24-15/h4-12H,1-3H3/t12-/m0/s1. The molecule has 1 aromatic carbocycles. The second kappa shape index (κ2) is 6.92. The van der Waals surface area contributed by atoms with Crippen molar-refractivity contribution in [1.82, 2.24) is 20.1 Å². The maximum Gasteiger partial charge on any atom is 0.239 e. The monoisotopic (exact) mass is 366 g/mol. The summed E-state index contributed by atoms with van der Waals surface area (Å²) in [6.45, 7) is 6.12. The van der Waals surface area contributed by atoms with Crippen LogP contribution in [0, 0.1) is 0 Å². The van der Waals surface area contributed by atoms with Gasteiger partial charge in [0.15, 0.2) is 17.4 Å². The van der Waals surface area contributed by atoms with E-state index >= 15 is 0 Å². The Balaban J connectivity index is 1.72. The van der Waals surface area contributed by atoms with Crippen molar-refractivity contribution in [2.24, 2.45) is 0 Å². The Morgan fingerprint density at radius 2 is 1.81 bits per heavy atom. The third-order valence-electron chi connectivity index (χ3n) is 3.92. The zero-order valence-corrected chi connectivity index (χ0v) is 15.5. The summed E-state index contributed by atoms with van der Waals surface area (Å²) in [5, 5.41) is 5.87. The van der Waals surface area contributed by atoms with E-state index in [0.717, 1.165) is 21.8 Å². The quantitative estimate of drug-likeness (QED) is 0.352. The first-order chi connectivity index (χ1) is 12.6. The fraction of sp³-hybridized carbons (Fsp3) is 0.263. The minimum atomic E-state index is -0.0299. The van der Waals surface area contributed by atoms with Crippen LogP contribution in [0.2, 0.25) is 0 Å². The van der Waals surface area contributed by atoms with Crippen LogP contribution >= 0.6 is 11.8 Å². The molecule has 3 aromatic heterocycles. The van der Waals surface area contributed by atoms with Crippen LogP contribution in [0.5, 0.6) is 0 Å². The van der Waals surface area contributed by atoms with E-state index < -0.39 is 0 Å². The highest BCUT2D eigenvalue weighted by Gasteiger charge is 2.20. The van der Waals surface area contributed by atoms with Crippen LogP contribution in [0.25, 0.3) is 22.5 Å². The Morgan fingerprint density at radius 3 is 2.54 bits per heavy atom. The Morgan fingerprint density at radius 1 is 0.962 bits per heavy atom. The van der Waals surface area contributed by atoms with Crippen LogP contribution < -0.4 is 0 Å². The van der Waals surface area contributed by atoms with Crippen molar-refractivity contribution in [2.45, 2.75) is 37.0 Å². The van der Waals surface area contributed by atoms with E-state index in [-0.39, 0.29) is 11.2 Å². The predicted octanol–water partition coefficient (Wildman–Crippen LogP) is 5.25. The van der Waals surface area contributed by atoms with Gasteiger partial charge in [-0.25, -0.2) is 9.97 Å². The summed E-state index contributed by atoms with van der Waals surface area (Å²) in [5.74, 6) is 2.76. The van der Waals surface area contributed by atoms with E-state index in [1.54, 1.807) is 18.0 Å². The fourth-order valence-corrected chi connectivity index (χ4v) is 3.49. The smallest absolute Gasteiger partial charge is 0.239 e. The van der Waals surface area contributed by atoms with E-state index in [4.69, 9.17) is 13.9 Å². The average Bonchev–Trinajstić information content (AvgIpc) is 3.33. The molecule has 0 fully saturated rings. The summed E-state index contributed by atoms with van der Waals surface area (Å²) in [6.07, 6.45) is 1.62. The number of fused-ring (bicyclic) bond motifs is 1. The molecule has 0 saturated carbocycles. The first kappa shape index (κ1) is 16.8. The van der Waals surface area contributed by atoms with Gasteiger partial charge in [-0.05, 0) is 25.1 Å². The number of furan rings is 1. The topological polar surface area (TPSA) is 77.8 Å². The van der Waals surface area contributed by atoms with Crippen molar-refractivity contribution in [1.29, 1.82) is 0 Å². The third kappa shape index (κ3) is 3.22. The van der Waals surface area contributed by atoms with Crippen molar-refractivity contribution in [3.63, 3.8) is 0 Å². The SMILES string of the molecule is CC(C)c1noc([C@H](C)Sc2nc(-c3ccco3)nc3ccccc23)n1. The van der Waals surface area contributed by atoms with E-state index in [2.05, 4.69) is 15.1 Å². The maximum atomic E-state index is 5.47. The van der Waals surface area contributed by atoms with Crippen LogP contribution in [0.15, 0.2) is 56.6 Å². The molecule has 0 spiro atoms. The molecular weight excluding hydrogens is 348 g/mol. The molecule has 6 nitrogen and oxygen atoms in total. The first-order valence-electron chi connectivity index (χ1n) is 8.42. The maximum absolute atomic E-state index is 5.47. The molecule has 4 aromatic rings. The lowest BCUT2D eigenvalue weighted by molar-refractivity contribution is 0.373. The lowest BCUT2D eigenvalue weighted by Gasteiger charge is -2.10. The van der Waals surface area contributed by atoms with Crippen LogP contribution in [-0.2, 0) is 0 Å². The predicted molar refractivity (Wildman–Crippen MR) is 99.9 cm³/mol. The molecule has 0 bridgehead atoms. The molecule has 0 unspecified atom stereocenters. The highest BCUT2D eigenvalue weighted by Crippen LogP contribution is 2.37. The lowest BCUT2D eigenvalue weighted by Crippen LogP contribution is -1.96.